The summed E-state index contributed by atoms with van der Waals surface area (Å²) >= 11 is 6.09. The molecule has 1 aliphatic rings. The Morgan fingerprint density at radius 2 is 2.17 bits per heavy atom. The molecule has 0 saturated heterocycles. The number of benzene rings is 1. The lowest BCUT2D eigenvalue weighted by molar-refractivity contribution is -0.121. The molecule has 3 rings (SSSR count). The Morgan fingerprint density at radius 1 is 1.38 bits per heavy atom. The minimum absolute atomic E-state index is 0.0562. The fraction of sp³-hybridized carbons (Fsp3) is 0.500. The highest BCUT2D eigenvalue weighted by molar-refractivity contribution is 6.31. The maximum absolute atomic E-state index is 11.9. The smallest absolute Gasteiger partial charge is 0.221 e. The van der Waals surface area contributed by atoms with Crippen LogP contribution in [-0.4, -0.2) is 28.5 Å². The summed E-state index contributed by atoms with van der Waals surface area (Å²) in [5, 5.41) is 7.87. The van der Waals surface area contributed by atoms with Crippen LogP contribution < -0.4 is 10.6 Å². The predicted octanol–water partition coefficient (Wildman–Crippen LogP) is 3.88. The highest BCUT2D eigenvalue weighted by Crippen LogP contribution is 2.39. The quantitative estimate of drug-likeness (QED) is 0.798. The highest BCUT2D eigenvalue weighted by Gasteiger charge is 2.27. The predicted molar refractivity (Wildman–Crippen MR) is 97.5 cm³/mol. The molecule has 1 unspecified atom stereocenters. The summed E-state index contributed by atoms with van der Waals surface area (Å²) in [5.41, 5.74) is 0.853. The third-order valence-electron chi connectivity index (χ3n) is 4.28. The Morgan fingerprint density at radius 3 is 2.88 bits per heavy atom. The normalized spacial score (nSPS) is 15.3. The number of anilines is 1. The van der Waals surface area contributed by atoms with Crippen LogP contribution in [0.15, 0.2) is 18.2 Å². The van der Waals surface area contributed by atoms with Crippen molar-refractivity contribution < 1.29 is 4.79 Å². The number of amides is 1. The maximum atomic E-state index is 11.9. The number of carbonyl (C=O) groups excluding carboxylic acids is 1. The Balaban J connectivity index is 1.72. The Hall–Kier alpha value is -1.88. The number of fused-ring (bicyclic) bond motifs is 1. The molecule has 1 amide bonds. The van der Waals surface area contributed by atoms with E-state index < -0.39 is 0 Å². The van der Waals surface area contributed by atoms with Crippen molar-refractivity contribution in [3.05, 3.63) is 29.0 Å². The van der Waals surface area contributed by atoms with E-state index in [1.165, 1.54) is 0 Å². The van der Waals surface area contributed by atoms with Gasteiger partial charge in [0, 0.05) is 35.3 Å². The topological polar surface area (TPSA) is 66.9 Å². The van der Waals surface area contributed by atoms with Gasteiger partial charge >= 0.3 is 0 Å². The molecule has 1 aliphatic carbocycles. The molecule has 2 aromatic rings. The van der Waals surface area contributed by atoms with Crippen LogP contribution in [0.3, 0.4) is 0 Å². The molecule has 1 aromatic carbocycles. The van der Waals surface area contributed by atoms with Crippen LogP contribution in [-0.2, 0) is 4.79 Å². The molecule has 1 atom stereocenters. The number of carbonyl (C=O) groups is 1. The van der Waals surface area contributed by atoms with Gasteiger partial charge in [-0.25, -0.2) is 9.97 Å². The molecule has 1 aromatic heterocycles. The average Bonchev–Trinajstić information content (AvgIpc) is 3.38. The molecule has 24 heavy (non-hydrogen) atoms. The summed E-state index contributed by atoms with van der Waals surface area (Å²) in [6, 6.07) is 5.84. The van der Waals surface area contributed by atoms with E-state index in [-0.39, 0.29) is 11.9 Å². The average molecular weight is 347 g/mol. The van der Waals surface area contributed by atoms with Gasteiger partial charge in [-0.15, -0.1) is 0 Å². The molecule has 0 radical (unpaired) electrons. The summed E-state index contributed by atoms with van der Waals surface area (Å²) in [5.74, 6) is 2.18. The van der Waals surface area contributed by atoms with Gasteiger partial charge in [-0.3, -0.25) is 4.79 Å². The van der Waals surface area contributed by atoms with Crippen molar-refractivity contribution in [1.82, 2.24) is 15.3 Å². The maximum Gasteiger partial charge on any atom is 0.221 e. The second-order valence-electron chi connectivity index (χ2n) is 6.42. The monoisotopic (exact) mass is 346 g/mol. The second kappa shape index (κ2) is 7.34. The van der Waals surface area contributed by atoms with Crippen LogP contribution in [0.5, 0.6) is 0 Å². The lowest BCUT2D eigenvalue weighted by atomic mass is 10.2. The zero-order valence-corrected chi connectivity index (χ0v) is 14.9. The van der Waals surface area contributed by atoms with Crippen LogP contribution >= 0.6 is 11.6 Å². The first-order chi connectivity index (χ1) is 11.6. The standard InChI is InChI=1S/C18H23ClN4O/c1-3-11(2)21-16(24)8-9-20-18-14-7-6-13(19)10-15(14)22-17(23-18)12-4-5-12/h6-7,10-12H,3-5,8-9H2,1-2H3,(H,21,24)(H,20,22,23). The SMILES string of the molecule is CCC(C)NC(=O)CCNc1nc(C2CC2)nc2cc(Cl)ccc12. The van der Waals surface area contributed by atoms with Gasteiger partial charge in [0.1, 0.15) is 11.6 Å². The van der Waals surface area contributed by atoms with E-state index in [4.69, 9.17) is 11.6 Å². The fourth-order valence-corrected chi connectivity index (χ4v) is 2.69. The summed E-state index contributed by atoms with van der Waals surface area (Å²) in [6.45, 7) is 4.61. The van der Waals surface area contributed by atoms with Crippen LogP contribution in [0.25, 0.3) is 10.9 Å². The third kappa shape index (κ3) is 4.15. The first kappa shape index (κ1) is 17.0. The first-order valence-corrected chi connectivity index (χ1v) is 8.95. The summed E-state index contributed by atoms with van der Waals surface area (Å²) in [4.78, 5) is 21.2. The van der Waals surface area contributed by atoms with Crippen molar-refractivity contribution in [3.8, 4) is 0 Å². The van der Waals surface area contributed by atoms with Crippen molar-refractivity contribution in [1.29, 1.82) is 0 Å². The van der Waals surface area contributed by atoms with Gasteiger partial charge in [0.2, 0.25) is 5.91 Å². The van der Waals surface area contributed by atoms with Crippen LogP contribution in [0.2, 0.25) is 5.02 Å². The number of halogens is 1. The zero-order valence-electron chi connectivity index (χ0n) is 14.1. The molecule has 0 bridgehead atoms. The van der Waals surface area contributed by atoms with E-state index >= 15 is 0 Å². The molecule has 128 valence electrons. The second-order valence-corrected chi connectivity index (χ2v) is 6.86. The van der Waals surface area contributed by atoms with Gasteiger partial charge in [0.05, 0.1) is 5.52 Å². The number of hydrogen-bond acceptors (Lipinski definition) is 4. The van der Waals surface area contributed by atoms with Crippen LogP contribution in [0, 0.1) is 0 Å². The Bertz CT molecular complexity index is 745. The lowest BCUT2D eigenvalue weighted by Crippen LogP contribution is -2.33. The van der Waals surface area contributed by atoms with E-state index in [0.717, 1.165) is 41.8 Å². The van der Waals surface area contributed by atoms with Gasteiger partial charge in [-0.2, -0.15) is 0 Å². The van der Waals surface area contributed by atoms with Gasteiger partial charge in [0.25, 0.3) is 0 Å². The first-order valence-electron chi connectivity index (χ1n) is 8.57. The van der Waals surface area contributed by atoms with E-state index in [2.05, 4.69) is 27.5 Å². The lowest BCUT2D eigenvalue weighted by Gasteiger charge is -2.13. The molecule has 2 N–H and O–H groups in total. The van der Waals surface area contributed by atoms with E-state index in [9.17, 15) is 4.79 Å². The van der Waals surface area contributed by atoms with Gasteiger partial charge < -0.3 is 10.6 Å². The third-order valence-corrected chi connectivity index (χ3v) is 4.52. The largest absolute Gasteiger partial charge is 0.369 e. The number of rotatable bonds is 7. The fourth-order valence-electron chi connectivity index (χ4n) is 2.52. The summed E-state index contributed by atoms with van der Waals surface area (Å²) in [7, 11) is 0. The summed E-state index contributed by atoms with van der Waals surface area (Å²) < 4.78 is 0. The van der Waals surface area contributed by atoms with Crippen molar-refractivity contribution in [2.75, 3.05) is 11.9 Å². The number of nitrogens with one attached hydrogen (secondary N) is 2. The molecule has 6 heteroatoms. The van der Waals surface area contributed by atoms with Crippen molar-refractivity contribution in [3.63, 3.8) is 0 Å². The Labute approximate surface area is 147 Å². The number of nitrogens with zero attached hydrogens (tertiary/aromatic N) is 2. The Kier molecular flexibility index (Phi) is 5.19. The van der Waals surface area contributed by atoms with Gasteiger partial charge in [-0.1, -0.05) is 18.5 Å². The van der Waals surface area contributed by atoms with Crippen LogP contribution in [0.1, 0.15) is 51.3 Å². The minimum atomic E-state index is 0.0562. The minimum Gasteiger partial charge on any atom is -0.369 e. The van der Waals surface area contributed by atoms with Crippen LogP contribution in [0.4, 0.5) is 5.82 Å². The van der Waals surface area contributed by atoms with Crippen molar-refractivity contribution >= 4 is 34.2 Å². The molecular weight excluding hydrogens is 324 g/mol. The number of hydrogen-bond donors (Lipinski definition) is 2. The van der Waals surface area contributed by atoms with Gasteiger partial charge in [-0.05, 0) is 44.4 Å². The van der Waals surface area contributed by atoms with Gasteiger partial charge in [0.15, 0.2) is 0 Å². The molecule has 1 heterocycles. The molecule has 1 fully saturated rings. The van der Waals surface area contributed by atoms with Crippen molar-refractivity contribution in [2.45, 2.75) is 51.5 Å². The molecule has 1 saturated carbocycles. The summed E-state index contributed by atoms with van der Waals surface area (Å²) in [6.07, 6.45) is 3.63. The molecule has 5 nitrogen and oxygen atoms in total. The highest BCUT2D eigenvalue weighted by atomic mass is 35.5. The molecule has 0 spiro atoms. The van der Waals surface area contributed by atoms with E-state index in [0.29, 0.717) is 23.9 Å². The number of aromatic nitrogens is 2. The van der Waals surface area contributed by atoms with E-state index in [1.54, 1.807) is 0 Å². The van der Waals surface area contributed by atoms with E-state index in [1.807, 2.05) is 25.1 Å². The van der Waals surface area contributed by atoms with Crippen molar-refractivity contribution in [2.24, 2.45) is 0 Å². The molecular formula is C18H23ClN4O. The zero-order chi connectivity index (χ0) is 17.1. The molecule has 0 aliphatic heterocycles.